The SMILES string of the molecule is CCCCCCCC[Si](C)(C)N(C(=O)C(F)(F)F)[Si](C)(C)CCCCCCCC. The van der Waals surface area contributed by atoms with E-state index in [1.807, 2.05) is 26.2 Å². The molecule has 0 aromatic carbocycles. The zero-order chi connectivity index (χ0) is 22.6. The second-order valence-electron chi connectivity index (χ2n) is 9.80. The van der Waals surface area contributed by atoms with E-state index in [2.05, 4.69) is 13.8 Å². The molecule has 0 rings (SSSR count). The summed E-state index contributed by atoms with van der Waals surface area (Å²) >= 11 is 0. The Morgan fingerprint density at radius 1 is 0.655 bits per heavy atom. The highest BCUT2D eigenvalue weighted by Gasteiger charge is 2.52. The lowest BCUT2D eigenvalue weighted by Gasteiger charge is -2.47. The molecule has 7 heteroatoms. The van der Waals surface area contributed by atoms with Crippen molar-refractivity contribution in [2.24, 2.45) is 0 Å². The van der Waals surface area contributed by atoms with Crippen LogP contribution in [-0.2, 0) is 4.79 Å². The number of unbranched alkanes of at least 4 members (excludes halogenated alkanes) is 10. The summed E-state index contributed by atoms with van der Waals surface area (Å²) in [5.74, 6) is -1.57. The van der Waals surface area contributed by atoms with E-state index in [0.29, 0.717) is 0 Å². The average molecular weight is 454 g/mol. The van der Waals surface area contributed by atoms with Crippen LogP contribution in [0.25, 0.3) is 0 Å². The van der Waals surface area contributed by atoms with Crippen LogP contribution in [0.2, 0.25) is 38.3 Å². The van der Waals surface area contributed by atoms with Crippen LogP contribution in [0.5, 0.6) is 0 Å². The lowest BCUT2D eigenvalue weighted by atomic mass is 10.1. The van der Waals surface area contributed by atoms with Crippen LogP contribution in [0.4, 0.5) is 13.2 Å². The molecule has 29 heavy (non-hydrogen) atoms. The molecule has 1 amide bonds. The topological polar surface area (TPSA) is 20.3 Å². The first-order valence-corrected chi connectivity index (χ1v) is 18.1. The van der Waals surface area contributed by atoms with Gasteiger partial charge in [0.1, 0.15) is 16.5 Å². The van der Waals surface area contributed by atoms with E-state index in [1.165, 1.54) is 42.8 Å². The van der Waals surface area contributed by atoms with E-state index < -0.39 is 28.6 Å². The summed E-state index contributed by atoms with van der Waals surface area (Å²) in [6.45, 7) is 12.2. The van der Waals surface area contributed by atoms with Crippen molar-refractivity contribution in [1.29, 1.82) is 0 Å². The number of rotatable bonds is 16. The van der Waals surface area contributed by atoms with Gasteiger partial charge in [-0.15, -0.1) is 0 Å². The van der Waals surface area contributed by atoms with Crippen LogP contribution < -0.4 is 0 Å². The predicted octanol–water partition coefficient (Wildman–Crippen LogP) is 8.51. The number of hydrogen-bond acceptors (Lipinski definition) is 1. The maximum atomic E-state index is 13.5. The first-order chi connectivity index (χ1) is 13.4. The molecule has 0 aliphatic rings. The van der Waals surface area contributed by atoms with Gasteiger partial charge in [-0.25, -0.2) is 0 Å². The van der Waals surface area contributed by atoms with Gasteiger partial charge < -0.3 is 4.23 Å². The Balaban J connectivity index is 5.04. The predicted molar refractivity (Wildman–Crippen MR) is 124 cm³/mol. The van der Waals surface area contributed by atoms with Crippen molar-refractivity contribution in [3.05, 3.63) is 0 Å². The van der Waals surface area contributed by atoms with E-state index in [1.54, 1.807) is 0 Å². The molecule has 0 atom stereocenters. The van der Waals surface area contributed by atoms with E-state index in [-0.39, 0.29) is 0 Å². The third kappa shape index (κ3) is 11.6. The van der Waals surface area contributed by atoms with Crippen molar-refractivity contribution in [1.82, 2.24) is 4.23 Å². The van der Waals surface area contributed by atoms with Gasteiger partial charge in [0.05, 0.1) is 0 Å². The summed E-state index contributed by atoms with van der Waals surface area (Å²) in [4.78, 5) is 12.5. The summed E-state index contributed by atoms with van der Waals surface area (Å²) in [5, 5.41) is 0. The van der Waals surface area contributed by atoms with Crippen molar-refractivity contribution in [3.63, 3.8) is 0 Å². The Morgan fingerprint density at radius 3 is 1.28 bits per heavy atom. The molecule has 0 spiro atoms. The monoisotopic (exact) mass is 453 g/mol. The molecular weight excluding hydrogens is 407 g/mol. The van der Waals surface area contributed by atoms with Crippen LogP contribution >= 0.6 is 0 Å². The third-order valence-corrected chi connectivity index (χ3v) is 15.6. The smallest absolute Gasteiger partial charge is 0.388 e. The molecule has 0 saturated heterocycles. The molecule has 0 aliphatic carbocycles. The van der Waals surface area contributed by atoms with Crippen molar-refractivity contribution in [2.45, 2.75) is 135 Å². The van der Waals surface area contributed by atoms with Crippen molar-refractivity contribution >= 4 is 22.4 Å². The molecule has 0 bridgehead atoms. The van der Waals surface area contributed by atoms with Crippen molar-refractivity contribution in [3.8, 4) is 0 Å². The highest BCUT2D eigenvalue weighted by Crippen LogP contribution is 2.34. The molecular formula is C22H46F3NOSi2. The summed E-state index contributed by atoms with van der Waals surface area (Å²) in [6.07, 6.45) is 8.72. The van der Waals surface area contributed by atoms with Gasteiger partial charge in [0, 0.05) is 0 Å². The Kier molecular flexibility index (Phi) is 13.7. The fraction of sp³-hybridized carbons (Fsp3) is 0.955. The average Bonchev–Trinajstić information content (AvgIpc) is 2.59. The van der Waals surface area contributed by atoms with Crippen molar-refractivity contribution < 1.29 is 18.0 Å². The van der Waals surface area contributed by atoms with Gasteiger partial charge in [0.25, 0.3) is 0 Å². The zero-order valence-corrected chi connectivity index (χ0v) is 21.9. The maximum absolute atomic E-state index is 13.5. The quantitative estimate of drug-likeness (QED) is 0.169. The van der Waals surface area contributed by atoms with Gasteiger partial charge in [-0.3, -0.25) is 4.79 Å². The Morgan fingerprint density at radius 2 is 0.966 bits per heavy atom. The minimum Gasteiger partial charge on any atom is -0.388 e. The van der Waals surface area contributed by atoms with Crippen LogP contribution in [0, 0.1) is 0 Å². The fourth-order valence-corrected chi connectivity index (χ4v) is 15.7. The number of nitrogens with zero attached hydrogens (tertiary/aromatic N) is 1. The van der Waals surface area contributed by atoms with Gasteiger partial charge >= 0.3 is 12.1 Å². The summed E-state index contributed by atoms with van der Waals surface area (Å²) in [7, 11) is -4.93. The minimum atomic E-state index is -4.77. The van der Waals surface area contributed by atoms with Gasteiger partial charge in [0.2, 0.25) is 0 Å². The molecule has 0 radical (unpaired) electrons. The molecule has 174 valence electrons. The largest absolute Gasteiger partial charge is 0.469 e. The fourth-order valence-electron chi connectivity index (χ4n) is 4.40. The van der Waals surface area contributed by atoms with Crippen LogP contribution in [0.1, 0.15) is 90.9 Å². The van der Waals surface area contributed by atoms with E-state index in [0.717, 1.165) is 50.6 Å². The first kappa shape index (κ1) is 28.7. The Hall–Kier alpha value is -0.306. The zero-order valence-electron chi connectivity index (χ0n) is 19.9. The third-order valence-electron chi connectivity index (χ3n) is 5.94. The molecule has 0 aromatic heterocycles. The summed E-state index contributed by atoms with van der Waals surface area (Å²) < 4.78 is 41.8. The minimum absolute atomic E-state index is 0.772. The van der Waals surface area contributed by atoms with Gasteiger partial charge in [-0.2, -0.15) is 13.2 Å². The van der Waals surface area contributed by atoms with Crippen LogP contribution in [-0.4, -0.2) is 32.8 Å². The van der Waals surface area contributed by atoms with Crippen LogP contribution in [0.3, 0.4) is 0 Å². The molecule has 0 heterocycles. The van der Waals surface area contributed by atoms with Gasteiger partial charge in [0.15, 0.2) is 0 Å². The Labute approximate surface area is 180 Å². The molecule has 0 fully saturated rings. The van der Waals surface area contributed by atoms with Gasteiger partial charge in [-0.1, -0.05) is 117 Å². The van der Waals surface area contributed by atoms with E-state index in [9.17, 15) is 18.0 Å². The summed E-state index contributed by atoms with van der Waals surface area (Å²) in [6, 6.07) is 1.54. The molecule has 0 aromatic rings. The normalized spacial score (nSPS) is 13.0. The lowest BCUT2D eigenvalue weighted by molar-refractivity contribution is -0.177. The molecule has 0 aliphatic heterocycles. The van der Waals surface area contributed by atoms with Crippen LogP contribution in [0.15, 0.2) is 0 Å². The number of alkyl halides is 3. The molecule has 2 nitrogen and oxygen atoms in total. The highest BCUT2D eigenvalue weighted by molar-refractivity contribution is 6.93. The second kappa shape index (κ2) is 13.9. The standard InChI is InChI=1S/C22H46F3NOSi2/c1-7-9-11-13-15-17-19-28(3,4)26(21(27)22(23,24)25)29(5,6)20-18-16-14-12-10-8-2/h7-20H2,1-6H3. The number of carbonyl (C=O) groups excluding carboxylic acids is 1. The number of carbonyl (C=O) groups is 1. The van der Waals surface area contributed by atoms with E-state index in [4.69, 9.17) is 0 Å². The lowest BCUT2D eigenvalue weighted by Crippen LogP contribution is -2.66. The Bertz CT molecular complexity index is 426. The maximum Gasteiger partial charge on any atom is 0.469 e. The molecule has 0 N–H and O–H groups in total. The van der Waals surface area contributed by atoms with Crippen molar-refractivity contribution in [2.75, 3.05) is 0 Å². The molecule has 0 saturated carbocycles. The first-order valence-electron chi connectivity index (χ1n) is 11.8. The van der Waals surface area contributed by atoms with E-state index >= 15 is 0 Å². The molecule has 0 unspecified atom stereocenters. The highest BCUT2D eigenvalue weighted by atomic mass is 28.4. The number of hydrogen-bond donors (Lipinski definition) is 0. The summed E-state index contributed by atoms with van der Waals surface area (Å²) in [5.41, 5.74) is 0. The number of amides is 1. The second-order valence-corrected chi connectivity index (χ2v) is 19.4. The number of halogens is 3. The van der Waals surface area contributed by atoms with Gasteiger partial charge in [-0.05, 0) is 12.1 Å².